The minimum atomic E-state index is -0.254. The molecule has 0 bridgehead atoms. The number of carbonyl (C=O) groups is 2. The van der Waals surface area contributed by atoms with Crippen LogP contribution in [0.3, 0.4) is 0 Å². The molecule has 2 fully saturated rings. The Morgan fingerprint density at radius 3 is 2.93 bits per heavy atom. The minimum Gasteiger partial charge on any atom is -0.357 e. The number of hydrogen-bond acceptors (Lipinski definition) is 5. The van der Waals surface area contributed by atoms with E-state index in [1.54, 1.807) is 0 Å². The molecule has 1 unspecified atom stereocenters. The van der Waals surface area contributed by atoms with Crippen molar-refractivity contribution in [2.45, 2.75) is 26.2 Å². The van der Waals surface area contributed by atoms with E-state index in [4.69, 9.17) is 0 Å². The van der Waals surface area contributed by atoms with Crippen LogP contribution < -0.4 is 16.0 Å². The number of nitrogens with one attached hydrogen (secondary N) is 3. The topological polar surface area (TPSA) is 112 Å². The van der Waals surface area contributed by atoms with Crippen molar-refractivity contribution in [3.05, 3.63) is 24.3 Å². The van der Waals surface area contributed by atoms with Gasteiger partial charge in [-0.1, -0.05) is 0 Å². The summed E-state index contributed by atoms with van der Waals surface area (Å²) in [5, 5.41) is 9.10. The Labute approximate surface area is 182 Å². The predicted molar refractivity (Wildman–Crippen MR) is 117 cm³/mol. The Hall–Kier alpha value is -1.98. The lowest BCUT2D eigenvalue weighted by Crippen LogP contribution is -2.51. The number of halogens is 1. The molecule has 2 amide bonds. The molecule has 3 rings (SSSR count). The van der Waals surface area contributed by atoms with Crippen LogP contribution in [-0.2, 0) is 4.79 Å². The molecule has 0 radical (unpaired) electrons. The Kier molecular flexibility index (Phi) is 8.39. The fourth-order valence-electron chi connectivity index (χ4n) is 3.69. The van der Waals surface area contributed by atoms with Gasteiger partial charge in [-0.25, -0.2) is 4.98 Å². The maximum absolute atomic E-state index is 12.0. The van der Waals surface area contributed by atoms with Crippen LogP contribution in [0.1, 0.15) is 36.7 Å². The average molecular weight is 501 g/mol. The first-order valence-corrected chi connectivity index (χ1v) is 9.46. The first-order valence-electron chi connectivity index (χ1n) is 9.46. The Morgan fingerprint density at radius 2 is 2.25 bits per heavy atom. The van der Waals surface area contributed by atoms with Crippen LogP contribution in [0.4, 0.5) is 0 Å². The van der Waals surface area contributed by atoms with Crippen molar-refractivity contribution in [1.82, 2.24) is 30.8 Å². The number of hydrogen-bond donors (Lipinski definition) is 3. The van der Waals surface area contributed by atoms with Gasteiger partial charge in [0, 0.05) is 57.0 Å². The van der Waals surface area contributed by atoms with Gasteiger partial charge in [0.15, 0.2) is 5.96 Å². The summed E-state index contributed by atoms with van der Waals surface area (Å²) in [7, 11) is 0. The molecule has 9 nitrogen and oxygen atoms in total. The van der Waals surface area contributed by atoms with E-state index in [0.717, 1.165) is 45.0 Å². The quantitative estimate of drug-likeness (QED) is 0.233. The standard InChI is InChI=1S/C18H27N7O2.HI/c1-2-20-17(23-8-7-22-16(27)14-11-19-5-6-21-14)25-9-3-4-18(13-25)10-15(26)24-12-18;/h5-6,11H,2-4,7-10,12-13H2,1H3,(H,20,23)(H,22,27)(H,24,26);1H. The summed E-state index contributed by atoms with van der Waals surface area (Å²) in [5.41, 5.74) is 0.316. The van der Waals surface area contributed by atoms with E-state index in [1.165, 1.54) is 18.6 Å². The third kappa shape index (κ3) is 5.76. The predicted octanol–water partition coefficient (Wildman–Crippen LogP) is 0.392. The van der Waals surface area contributed by atoms with Crippen LogP contribution in [-0.4, -0.2) is 71.9 Å². The lowest BCUT2D eigenvalue weighted by molar-refractivity contribution is -0.119. The maximum atomic E-state index is 12.0. The van der Waals surface area contributed by atoms with Crippen molar-refractivity contribution in [2.75, 3.05) is 39.3 Å². The molecular formula is C18H28IN7O2. The number of nitrogens with zero attached hydrogens (tertiary/aromatic N) is 4. The lowest BCUT2D eigenvalue weighted by Gasteiger charge is -2.40. The second-order valence-electron chi connectivity index (χ2n) is 7.06. The molecule has 2 saturated heterocycles. The molecule has 2 aliphatic rings. The second-order valence-corrected chi connectivity index (χ2v) is 7.06. The van der Waals surface area contributed by atoms with E-state index in [9.17, 15) is 9.59 Å². The lowest BCUT2D eigenvalue weighted by atomic mass is 9.79. The summed E-state index contributed by atoms with van der Waals surface area (Å²) >= 11 is 0. The van der Waals surface area contributed by atoms with Crippen LogP contribution in [0, 0.1) is 5.41 Å². The zero-order chi connectivity index (χ0) is 19.1. The maximum Gasteiger partial charge on any atom is 0.271 e. The number of aliphatic imine (C=N–C) groups is 1. The molecule has 1 spiro atoms. The smallest absolute Gasteiger partial charge is 0.271 e. The SMILES string of the molecule is CCNC(=NCCNC(=O)c1cnccn1)N1CCCC2(CNC(=O)C2)C1.I. The molecule has 3 heterocycles. The third-order valence-corrected chi connectivity index (χ3v) is 4.95. The number of likely N-dealkylation sites (tertiary alicyclic amines) is 1. The van der Waals surface area contributed by atoms with E-state index in [0.29, 0.717) is 25.2 Å². The molecule has 10 heteroatoms. The van der Waals surface area contributed by atoms with Crippen molar-refractivity contribution >= 4 is 41.8 Å². The summed E-state index contributed by atoms with van der Waals surface area (Å²) in [4.78, 5) is 38.4. The molecule has 28 heavy (non-hydrogen) atoms. The zero-order valence-electron chi connectivity index (χ0n) is 16.1. The van der Waals surface area contributed by atoms with Crippen molar-refractivity contribution in [3.8, 4) is 0 Å². The Balaban J connectivity index is 0.00000280. The Morgan fingerprint density at radius 1 is 1.39 bits per heavy atom. The number of piperidine rings is 1. The third-order valence-electron chi connectivity index (χ3n) is 4.95. The van der Waals surface area contributed by atoms with Gasteiger partial charge in [-0.2, -0.15) is 0 Å². The molecule has 0 saturated carbocycles. The van der Waals surface area contributed by atoms with Gasteiger partial charge in [0.05, 0.1) is 12.7 Å². The molecule has 0 aromatic carbocycles. The van der Waals surface area contributed by atoms with Crippen molar-refractivity contribution in [2.24, 2.45) is 10.4 Å². The largest absolute Gasteiger partial charge is 0.357 e. The highest BCUT2D eigenvalue weighted by Crippen LogP contribution is 2.35. The van der Waals surface area contributed by atoms with E-state index in [1.807, 2.05) is 6.92 Å². The zero-order valence-corrected chi connectivity index (χ0v) is 18.4. The van der Waals surface area contributed by atoms with Crippen LogP contribution in [0.5, 0.6) is 0 Å². The van der Waals surface area contributed by atoms with Crippen molar-refractivity contribution in [3.63, 3.8) is 0 Å². The number of guanidine groups is 1. The fourth-order valence-corrected chi connectivity index (χ4v) is 3.69. The number of rotatable bonds is 5. The van der Waals surface area contributed by atoms with Gasteiger partial charge in [-0.3, -0.25) is 19.6 Å². The van der Waals surface area contributed by atoms with Crippen molar-refractivity contribution < 1.29 is 9.59 Å². The molecule has 1 atom stereocenters. The van der Waals surface area contributed by atoms with Crippen LogP contribution in [0.2, 0.25) is 0 Å². The normalized spacial score (nSPS) is 21.8. The highest BCUT2D eigenvalue weighted by atomic mass is 127. The van der Waals surface area contributed by atoms with Crippen LogP contribution in [0.15, 0.2) is 23.6 Å². The van der Waals surface area contributed by atoms with Gasteiger partial charge in [0.1, 0.15) is 5.69 Å². The van der Waals surface area contributed by atoms with Gasteiger partial charge in [0.25, 0.3) is 5.91 Å². The molecule has 1 aromatic heterocycles. The number of aromatic nitrogens is 2. The summed E-state index contributed by atoms with van der Waals surface area (Å²) in [6, 6.07) is 0. The number of amides is 2. The van der Waals surface area contributed by atoms with Gasteiger partial charge >= 0.3 is 0 Å². The van der Waals surface area contributed by atoms with Gasteiger partial charge in [-0.05, 0) is 19.8 Å². The highest BCUT2D eigenvalue weighted by Gasteiger charge is 2.42. The molecule has 0 aliphatic carbocycles. The summed E-state index contributed by atoms with van der Waals surface area (Å²) < 4.78 is 0. The summed E-state index contributed by atoms with van der Waals surface area (Å²) in [5.74, 6) is 0.728. The van der Waals surface area contributed by atoms with Crippen LogP contribution in [0.25, 0.3) is 0 Å². The minimum absolute atomic E-state index is 0. The summed E-state index contributed by atoms with van der Waals surface area (Å²) in [6.07, 6.45) is 7.16. The highest BCUT2D eigenvalue weighted by molar-refractivity contribution is 14.0. The molecule has 3 N–H and O–H groups in total. The Bertz CT molecular complexity index is 700. The van der Waals surface area contributed by atoms with E-state index < -0.39 is 0 Å². The van der Waals surface area contributed by atoms with Crippen molar-refractivity contribution in [1.29, 1.82) is 0 Å². The van der Waals surface area contributed by atoms with Gasteiger partial charge < -0.3 is 20.9 Å². The molecular weight excluding hydrogens is 473 g/mol. The monoisotopic (exact) mass is 501 g/mol. The van der Waals surface area contributed by atoms with Gasteiger partial charge in [-0.15, -0.1) is 24.0 Å². The fraction of sp³-hybridized carbons (Fsp3) is 0.611. The summed E-state index contributed by atoms with van der Waals surface area (Å²) in [6.45, 7) is 6.18. The molecule has 1 aromatic rings. The van der Waals surface area contributed by atoms with E-state index >= 15 is 0 Å². The molecule has 154 valence electrons. The van der Waals surface area contributed by atoms with E-state index in [2.05, 4.69) is 35.8 Å². The van der Waals surface area contributed by atoms with Gasteiger partial charge in [0.2, 0.25) is 5.91 Å². The first kappa shape index (κ1) is 22.3. The number of carbonyl (C=O) groups excluding carboxylic acids is 2. The molecule has 2 aliphatic heterocycles. The van der Waals surface area contributed by atoms with E-state index in [-0.39, 0.29) is 41.2 Å². The van der Waals surface area contributed by atoms with Crippen LogP contribution >= 0.6 is 24.0 Å². The average Bonchev–Trinajstić information content (AvgIpc) is 3.04. The first-order chi connectivity index (χ1) is 13.1. The second kappa shape index (κ2) is 10.5.